The van der Waals surface area contributed by atoms with E-state index in [2.05, 4.69) is 25.6 Å². The summed E-state index contributed by atoms with van der Waals surface area (Å²) in [5.41, 5.74) is 0. The van der Waals surface area contributed by atoms with E-state index in [1.165, 1.54) is 0 Å². The van der Waals surface area contributed by atoms with Crippen LogP contribution in [0, 0.1) is 12.8 Å². The van der Waals surface area contributed by atoms with Gasteiger partial charge in [0.1, 0.15) is 5.82 Å². The fourth-order valence-electron chi connectivity index (χ4n) is 1.54. The Hall–Kier alpha value is -0.400. The molecule has 0 spiro atoms. The highest BCUT2D eigenvalue weighted by Crippen LogP contribution is 2.10. The van der Waals surface area contributed by atoms with Crippen LogP contribution < -0.4 is 4.72 Å². The Bertz CT molecular complexity index is 484. The average molecular weight is 338 g/mol. The molecule has 1 aromatic heterocycles. The zero-order valence-corrected chi connectivity index (χ0v) is 13.4. The van der Waals surface area contributed by atoms with Crippen LogP contribution in [0.15, 0.2) is 11.2 Å². The second-order valence-corrected chi connectivity index (χ2v) is 6.85. The van der Waals surface area contributed by atoms with Crippen molar-refractivity contribution < 1.29 is 8.42 Å². The highest BCUT2D eigenvalue weighted by atomic mass is 79.9. The molecule has 18 heavy (non-hydrogen) atoms. The summed E-state index contributed by atoms with van der Waals surface area (Å²) in [5.74, 6) is 1.01. The number of sulfonamides is 1. The van der Waals surface area contributed by atoms with E-state index in [1.54, 1.807) is 13.1 Å². The van der Waals surface area contributed by atoms with Crippen LogP contribution in [0.3, 0.4) is 0 Å². The summed E-state index contributed by atoms with van der Waals surface area (Å²) in [6.45, 7) is 6.92. The zero-order valence-electron chi connectivity index (χ0n) is 11.0. The minimum atomic E-state index is -3.48. The molecule has 0 aromatic carbocycles. The van der Waals surface area contributed by atoms with Gasteiger partial charge in [0.05, 0.1) is 0 Å². The van der Waals surface area contributed by atoms with Crippen LogP contribution in [0.2, 0.25) is 0 Å². The summed E-state index contributed by atoms with van der Waals surface area (Å²) in [5, 5.41) is 0.979. The largest absolute Gasteiger partial charge is 0.334 e. The number of alkyl halides is 1. The Morgan fingerprint density at radius 2 is 2.22 bits per heavy atom. The van der Waals surface area contributed by atoms with Gasteiger partial charge in [-0.15, -0.1) is 0 Å². The maximum atomic E-state index is 12.0. The van der Waals surface area contributed by atoms with E-state index in [0.29, 0.717) is 24.8 Å². The number of aryl methyl sites for hydroxylation is 2. The van der Waals surface area contributed by atoms with Gasteiger partial charge in [-0.25, -0.2) is 18.1 Å². The molecule has 0 saturated carbocycles. The Balaban J connectivity index is 2.74. The first-order valence-electron chi connectivity index (χ1n) is 6.00. The second-order valence-electron chi connectivity index (χ2n) is 4.35. The van der Waals surface area contributed by atoms with Crippen LogP contribution in [0.25, 0.3) is 0 Å². The minimum Gasteiger partial charge on any atom is -0.334 e. The molecule has 0 aliphatic heterocycles. The third-order valence-corrected chi connectivity index (χ3v) is 4.55. The molecule has 1 atom stereocenters. The Kier molecular flexibility index (Phi) is 5.81. The molecule has 1 unspecified atom stereocenters. The van der Waals surface area contributed by atoms with E-state index >= 15 is 0 Å². The molecule has 1 aromatic rings. The third-order valence-electron chi connectivity index (χ3n) is 2.79. The van der Waals surface area contributed by atoms with Crippen molar-refractivity contribution in [3.05, 3.63) is 12.0 Å². The standard InChI is InChI=1S/C11H20BrN3O2S/c1-4-15-8-11(14-10(15)3)18(16,17)13-7-9(2)5-6-12/h8-9,13H,4-7H2,1-3H3. The van der Waals surface area contributed by atoms with E-state index in [9.17, 15) is 8.42 Å². The van der Waals surface area contributed by atoms with Gasteiger partial charge in [0.2, 0.25) is 0 Å². The SMILES string of the molecule is CCn1cc(S(=O)(=O)NCC(C)CCBr)nc1C. The molecule has 1 heterocycles. The Labute approximate surface area is 117 Å². The lowest BCUT2D eigenvalue weighted by molar-refractivity contribution is 0.530. The number of hydrogen-bond acceptors (Lipinski definition) is 3. The number of rotatable bonds is 7. The van der Waals surface area contributed by atoms with E-state index in [4.69, 9.17) is 0 Å². The number of hydrogen-bond donors (Lipinski definition) is 1. The molecule has 1 rings (SSSR count). The summed E-state index contributed by atoms with van der Waals surface area (Å²) >= 11 is 3.34. The summed E-state index contributed by atoms with van der Waals surface area (Å²) in [7, 11) is -3.48. The van der Waals surface area contributed by atoms with E-state index in [-0.39, 0.29) is 5.03 Å². The number of nitrogens with one attached hydrogen (secondary N) is 1. The molecule has 0 fully saturated rings. The van der Waals surface area contributed by atoms with E-state index < -0.39 is 10.0 Å². The molecule has 5 nitrogen and oxygen atoms in total. The van der Waals surface area contributed by atoms with Crippen molar-refractivity contribution in [3.63, 3.8) is 0 Å². The van der Waals surface area contributed by atoms with E-state index in [0.717, 1.165) is 11.8 Å². The molecule has 0 aliphatic rings. The van der Waals surface area contributed by atoms with Gasteiger partial charge >= 0.3 is 0 Å². The van der Waals surface area contributed by atoms with Gasteiger partial charge in [0.15, 0.2) is 5.03 Å². The van der Waals surface area contributed by atoms with Crippen molar-refractivity contribution in [2.45, 2.75) is 38.8 Å². The lowest BCUT2D eigenvalue weighted by Crippen LogP contribution is -2.28. The minimum absolute atomic E-state index is 0.105. The molecule has 0 bridgehead atoms. The van der Waals surface area contributed by atoms with Crippen molar-refractivity contribution in [3.8, 4) is 0 Å². The quantitative estimate of drug-likeness (QED) is 0.773. The first kappa shape index (κ1) is 15.7. The number of imidazole rings is 1. The van der Waals surface area contributed by atoms with Gasteiger partial charge in [0.25, 0.3) is 10.0 Å². The smallest absolute Gasteiger partial charge is 0.259 e. The van der Waals surface area contributed by atoms with Crippen LogP contribution in [-0.2, 0) is 16.6 Å². The Morgan fingerprint density at radius 3 is 2.72 bits per heavy atom. The zero-order chi connectivity index (χ0) is 13.8. The van der Waals surface area contributed by atoms with Gasteiger partial charge in [-0.2, -0.15) is 0 Å². The molecular formula is C11H20BrN3O2S. The maximum Gasteiger partial charge on any atom is 0.259 e. The van der Waals surface area contributed by atoms with Gasteiger partial charge in [0, 0.05) is 24.6 Å². The molecule has 0 aliphatic carbocycles. The highest BCUT2D eigenvalue weighted by molar-refractivity contribution is 9.09. The fraction of sp³-hybridized carbons (Fsp3) is 0.727. The second kappa shape index (κ2) is 6.68. The third kappa shape index (κ3) is 4.07. The number of halogens is 1. The predicted octanol–water partition coefficient (Wildman–Crippen LogP) is 1.91. The summed E-state index contributed by atoms with van der Waals surface area (Å²) in [4.78, 5) is 4.08. The van der Waals surface area contributed by atoms with Crippen LogP contribution in [0.4, 0.5) is 0 Å². The molecule has 0 amide bonds. The number of nitrogens with zero attached hydrogens (tertiary/aromatic N) is 2. The summed E-state index contributed by atoms with van der Waals surface area (Å²) in [6.07, 6.45) is 2.51. The highest BCUT2D eigenvalue weighted by Gasteiger charge is 2.19. The van der Waals surface area contributed by atoms with Crippen molar-refractivity contribution in [1.82, 2.24) is 14.3 Å². The van der Waals surface area contributed by atoms with Crippen molar-refractivity contribution in [2.24, 2.45) is 5.92 Å². The summed E-state index contributed by atoms with van der Waals surface area (Å²) < 4.78 is 28.5. The van der Waals surface area contributed by atoms with Crippen molar-refractivity contribution in [1.29, 1.82) is 0 Å². The van der Waals surface area contributed by atoms with Gasteiger partial charge in [-0.1, -0.05) is 22.9 Å². The lowest BCUT2D eigenvalue weighted by Gasteiger charge is -2.10. The van der Waals surface area contributed by atoms with Crippen LogP contribution >= 0.6 is 15.9 Å². The topological polar surface area (TPSA) is 64.0 Å². The normalized spacial score (nSPS) is 13.8. The average Bonchev–Trinajstić information content (AvgIpc) is 2.69. The van der Waals surface area contributed by atoms with Gasteiger partial charge in [-0.05, 0) is 26.2 Å². The van der Waals surface area contributed by atoms with Crippen LogP contribution in [0.1, 0.15) is 26.1 Å². The molecule has 0 radical (unpaired) electrons. The van der Waals surface area contributed by atoms with Crippen LogP contribution in [0.5, 0.6) is 0 Å². The number of aromatic nitrogens is 2. The predicted molar refractivity (Wildman–Crippen MR) is 75.4 cm³/mol. The van der Waals surface area contributed by atoms with Crippen molar-refractivity contribution >= 4 is 26.0 Å². The lowest BCUT2D eigenvalue weighted by atomic mass is 10.1. The summed E-state index contributed by atoms with van der Waals surface area (Å²) in [6, 6.07) is 0. The molecule has 104 valence electrons. The molecule has 1 N–H and O–H groups in total. The van der Waals surface area contributed by atoms with E-state index in [1.807, 2.05) is 18.4 Å². The first-order chi connectivity index (χ1) is 8.40. The van der Waals surface area contributed by atoms with Gasteiger partial charge in [-0.3, -0.25) is 0 Å². The van der Waals surface area contributed by atoms with Crippen LogP contribution in [-0.4, -0.2) is 29.8 Å². The fourth-order valence-corrected chi connectivity index (χ4v) is 3.49. The van der Waals surface area contributed by atoms with Gasteiger partial charge < -0.3 is 4.57 Å². The maximum absolute atomic E-state index is 12.0. The van der Waals surface area contributed by atoms with Crippen molar-refractivity contribution in [2.75, 3.05) is 11.9 Å². The first-order valence-corrected chi connectivity index (χ1v) is 8.60. The monoisotopic (exact) mass is 337 g/mol. The molecular weight excluding hydrogens is 318 g/mol. The molecule has 7 heteroatoms. The molecule has 0 saturated heterocycles. The Morgan fingerprint density at radius 1 is 1.56 bits per heavy atom.